The van der Waals surface area contributed by atoms with E-state index in [1.165, 1.54) is 0 Å². The molecule has 21 heavy (non-hydrogen) atoms. The van der Waals surface area contributed by atoms with Crippen molar-refractivity contribution in [2.45, 2.75) is 32.9 Å². The molecule has 6 nitrogen and oxygen atoms in total. The largest absolute Gasteiger partial charge is 0.480 e. The highest BCUT2D eigenvalue weighted by molar-refractivity contribution is 7.87. The number of nitrogens with one attached hydrogen (secondary N) is 1. The molecule has 7 heteroatoms. The first-order chi connectivity index (χ1) is 9.81. The summed E-state index contributed by atoms with van der Waals surface area (Å²) in [6.45, 7) is 4.15. The maximum atomic E-state index is 12.4. The van der Waals surface area contributed by atoms with E-state index in [1.807, 2.05) is 38.1 Å². The standard InChI is InChI=1S/C14H20N2O4S/c1-10(2)8-15-21(19,20)16-9-12-6-4-3-5-11(12)7-13(16)14(17)18/h3-6,10,13,15H,7-9H2,1-2H3,(H,17,18). The van der Waals surface area contributed by atoms with Gasteiger partial charge in [-0.1, -0.05) is 38.1 Å². The molecule has 0 saturated carbocycles. The molecule has 0 saturated heterocycles. The highest BCUT2D eigenvalue weighted by Gasteiger charge is 2.38. The molecule has 1 heterocycles. The van der Waals surface area contributed by atoms with Crippen LogP contribution >= 0.6 is 0 Å². The fourth-order valence-electron chi connectivity index (χ4n) is 2.32. The minimum atomic E-state index is -3.81. The number of aliphatic carboxylic acids is 1. The van der Waals surface area contributed by atoms with E-state index in [2.05, 4.69) is 4.72 Å². The Bertz CT molecular complexity index is 628. The zero-order valence-electron chi connectivity index (χ0n) is 12.1. The van der Waals surface area contributed by atoms with Gasteiger partial charge < -0.3 is 5.11 Å². The predicted molar refractivity (Wildman–Crippen MR) is 78.9 cm³/mol. The third-order valence-corrected chi connectivity index (χ3v) is 5.01. The summed E-state index contributed by atoms with van der Waals surface area (Å²) in [4.78, 5) is 11.4. The minimum absolute atomic E-state index is 0.0839. The summed E-state index contributed by atoms with van der Waals surface area (Å²) in [7, 11) is -3.81. The van der Waals surface area contributed by atoms with Crippen molar-refractivity contribution < 1.29 is 18.3 Å². The van der Waals surface area contributed by atoms with Gasteiger partial charge in [0.1, 0.15) is 6.04 Å². The first-order valence-electron chi connectivity index (χ1n) is 6.87. The molecule has 1 aliphatic rings. The Kier molecular flexibility index (Phi) is 4.65. The molecule has 2 N–H and O–H groups in total. The molecule has 0 spiro atoms. The van der Waals surface area contributed by atoms with Gasteiger partial charge in [-0.25, -0.2) is 4.72 Å². The summed E-state index contributed by atoms with van der Waals surface area (Å²) in [5, 5.41) is 9.34. The van der Waals surface area contributed by atoms with Crippen molar-refractivity contribution in [2.75, 3.05) is 6.54 Å². The van der Waals surface area contributed by atoms with E-state index in [0.29, 0.717) is 0 Å². The molecule has 116 valence electrons. The van der Waals surface area contributed by atoms with Crippen LogP contribution in [0.25, 0.3) is 0 Å². The molecular weight excluding hydrogens is 292 g/mol. The second-order valence-corrected chi connectivity index (χ2v) is 7.33. The maximum absolute atomic E-state index is 12.4. The van der Waals surface area contributed by atoms with Crippen LogP contribution in [0, 0.1) is 5.92 Å². The van der Waals surface area contributed by atoms with Gasteiger partial charge in [-0.2, -0.15) is 12.7 Å². The lowest BCUT2D eigenvalue weighted by Gasteiger charge is -2.33. The van der Waals surface area contributed by atoms with Crippen LogP contribution in [0.1, 0.15) is 25.0 Å². The quantitative estimate of drug-likeness (QED) is 0.849. The van der Waals surface area contributed by atoms with Crippen molar-refractivity contribution in [3.63, 3.8) is 0 Å². The van der Waals surface area contributed by atoms with Gasteiger partial charge in [0.05, 0.1) is 0 Å². The molecule has 2 rings (SSSR count). The number of hydrogen-bond acceptors (Lipinski definition) is 3. The van der Waals surface area contributed by atoms with Crippen LogP contribution < -0.4 is 4.72 Å². The molecule has 0 radical (unpaired) electrons. The molecular formula is C14H20N2O4S. The zero-order valence-corrected chi connectivity index (χ0v) is 12.9. The Morgan fingerprint density at radius 1 is 1.38 bits per heavy atom. The summed E-state index contributed by atoms with van der Waals surface area (Å²) in [6.07, 6.45) is 0.189. The Balaban J connectivity index is 2.30. The number of hydrogen-bond donors (Lipinski definition) is 2. The van der Waals surface area contributed by atoms with E-state index in [-0.39, 0.29) is 25.4 Å². The Labute approximate surface area is 125 Å². The Morgan fingerprint density at radius 3 is 2.57 bits per heavy atom. The first-order valence-corrected chi connectivity index (χ1v) is 8.31. The average Bonchev–Trinajstić information content (AvgIpc) is 2.43. The number of benzene rings is 1. The summed E-state index contributed by atoms with van der Waals surface area (Å²) in [6, 6.07) is 6.27. The molecule has 0 bridgehead atoms. The molecule has 0 amide bonds. The summed E-state index contributed by atoms with van der Waals surface area (Å²) in [5.41, 5.74) is 1.74. The summed E-state index contributed by atoms with van der Waals surface area (Å²) < 4.78 is 28.3. The van der Waals surface area contributed by atoms with Crippen molar-refractivity contribution in [1.82, 2.24) is 9.03 Å². The average molecular weight is 312 g/mol. The molecule has 1 unspecified atom stereocenters. The third kappa shape index (κ3) is 3.61. The van der Waals surface area contributed by atoms with Gasteiger partial charge in [0, 0.05) is 19.5 Å². The Morgan fingerprint density at radius 2 is 2.00 bits per heavy atom. The molecule has 1 aromatic rings. The number of rotatable bonds is 5. The van der Waals surface area contributed by atoms with Gasteiger partial charge in [-0.15, -0.1) is 0 Å². The number of nitrogens with zero attached hydrogens (tertiary/aromatic N) is 1. The molecule has 1 aliphatic heterocycles. The van der Waals surface area contributed by atoms with E-state index in [0.717, 1.165) is 15.4 Å². The highest BCUT2D eigenvalue weighted by Crippen LogP contribution is 2.25. The molecule has 1 aromatic carbocycles. The maximum Gasteiger partial charge on any atom is 0.322 e. The fraction of sp³-hybridized carbons (Fsp3) is 0.500. The van der Waals surface area contributed by atoms with Crippen LogP contribution in [0.2, 0.25) is 0 Å². The number of carbonyl (C=O) groups is 1. The molecule has 0 fully saturated rings. The topological polar surface area (TPSA) is 86.7 Å². The third-order valence-electron chi connectivity index (χ3n) is 3.47. The SMILES string of the molecule is CC(C)CNS(=O)(=O)N1Cc2ccccc2CC1C(=O)O. The van der Waals surface area contributed by atoms with Crippen molar-refractivity contribution >= 4 is 16.2 Å². The fourth-order valence-corrected chi connectivity index (χ4v) is 3.84. The van der Waals surface area contributed by atoms with Crippen molar-refractivity contribution in [3.8, 4) is 0 Å². The van der Waals surface area contributed by atoms with Crippen LogP contribution in [0.3, 0.4) is 0 Å². The van der Waals surface area contributed by atoms with Crippen LogP contribution in [0.5, 0.6) is 0 Å². The van der Waals surface area contributed by atoms with Crippen molar-refractivity contribution in [2.24, 2.45) is 5.92 Å². The van der Waals surface area contributed by atoms with Gasteiger partial charge in [0.25, 0.3) is 10.2 Å². The molecule has 0 aromatic heterocycles. The Hall–Kier alpha value is -1.44. The van der Waals surface area contributed by atoms with E-state index in [9.17, 15) is 18.3 Å². The van der Waals surface area contributed by atoms with E-state index in [4.69, 9.17) is 0 Å². The van der Waals surface area contributed by atoms with E-state index >= 15 is 0 Å². The van der Waals surface area contributed by atoms with Crippen molar-refractivity contribution in [1.29, 1.82) is 0 Å². The lowest BCUT2D eigenvalue weighted by atomic mass is 9.96. The lowest BCUT2D eigenvalue weighted by Crippen LogP contribution is -2.52. The van der Waals surface area contributed by atoms with Crippen molar-refractivity contribution in [3.05, 3.63) is 35.4 Å². The second-order valence-electron chi connectivity index (χ2n) is 5.62. The first kappa shape index (κ1) is 15.9. The smallest absolute Gasteiger partial charge is 0.322 e. The monoisotopic (exact) mass is 312 g/mol. The van der Waals surface area contributed by atoms with Gasteiger partial charge in [-0.3, -0.25) is 4.79 Å². The molecule has 1 atom stereocenters. The number of carboxylic acid groups (broad SMARTS) is 1. The zero-order chi connectivity index (χ0) is 15.6. The van der Waals surface area contributed by atoms with Crippen LogP contribution in [-0.4, -0.2) is 36.4 Å². The van der Waals surface area contributed by atoms with Crippen LogP contribution in [-0.2, 0) is 28.0 Å². The van der Waals surface area contributed by atoms with E-state index < -0.39 is 22.2 Å². The molecule has 0 aliphatic carbocycles. The van der Waals surface area contributed by atoms with E-state index in [1.54, 1.807) is 0 Å². The lowest BCUT2D eigenvalue weighted by molar-refractivity contribution is -0.141. The summed E-state index contributed by atoms with van der Waals surface area (Å²) in [5.74, 6) is -0.973. The van der Waals surface area contributed by atoms with Gasteiger partial charge >= 0.3 is 5.97 Å². The highest BCUT2D eigenvalue weighted by atomic mass is 32.2. The van der Waals surface area contributed by atoms with Gasteiger partial charge in [0.15, 0.2) is 0 Å². The second kappa shape index (κ2) is 6.13. The summed E-state index contributed by atoms with van der Waals surface area (Å²) >= 11 is 0. The van der Waals surface area contributed by atoms with Crippen LogP contribution in [0.4, 0.5) is 0 Å². The minimum Gasteiger partial charge on any atom is -0.480 e. The number of fused-ring (bicyclic) bond motifs is 1. The normalized spacial score (nSPS) is 19.5. The number of carboxylic acids is 1. The predicted octanol–water partition coefficient (Wildman–Crippen LogP) is 0.988. The van der Waals surface area contributed by atoms with Gasteiger partial charge in [-0.05, 0) is 17.0 Å². The van der Waals surface area contributed by atoms with Crippen LogP contribution in [0.15, 0.2) is 24.3 Å². The van der Waals surface area contributed by atoms with Gasteiger partial charge in [0.2, 0.25) is 0 Å².